The minimum Gasteiger partial charge on any atom is -0.399 e. The topological polar surface area (TPSA) is 87.5 Å². The third kappa shape index (κ3) is 5.07. The predicted molar refractivity (Wildman–Crippen MR) is 81.9 cm³/mol. The van der Waals surface area contributed by atoms with Crippen molar-refractivity contribution in [3.05, 3.63) is 29.8 Å². The van der Waals surface area contributed by atoms with Gasteiger partial charge in [-0.05, 0) is 50.2 Å². The molecular formula is C15H22N4O2. The summed E-state index contributed by atoms with van der Waals surface area (Å²) in [5, 5.41) is 5.40. The second-order valence-corrected chi connectivity index (χ2v) is 5.20. The first-order valence-corrected chi connectivity index (χ1v) is 7.28. The standard InChI is InChI=1S/C15H22N4O2/c16-13-5-3-12(4-6-13)15(21)18-11-14(20)17-7-10-19-8-1-2-9-19/h3-6H,1-2,7-11,16H2,(H,17,20)(H,18,21). The summed E-state index contributed by atoms with van der Waals surface area (Å²) in [4.78, 5) is 25.8. The molecule has 1 heterocycles. The highest BCUT2D eigenvalue weighted by atomic mass is 16.2. The lowest BCUT2D eigenvalue weighted by Gasteiger charge is -2.14. The van der Waals surface area contributed by atoms with Gasteiger partial charge in [-0.1, -0.05) is 0 Å². The van der Waals surface area contributed by atoms with Gasteiger partial charge in [-0.3, -0.25) is 9.59 Å². The summed E-state index contributed by atoms with van der Waals surface area (Å²) < 4.78 is 0. The molecular weight excluding hydrogens is 268 g/mol. The van der Waals surface area contributed by atoms with E-state index in [-0.39, 0.29) is 18.4 Å². The number of nitrogens with two attached hydrogens (primary N) is 1. The summed E-state index contributed by atoms with van der Waals surface area (Å²) >= 11 is 0. The number of carbonyl (C=O) groups is 2. The van der Waals surface area contributed by atoms with E-state index >= 15 is 0 Å². The maximum absolute atomic E-state index is 11.8. The van der Waals surface area contributed by atoms with Gasteiger partial charge in [0, 0.05) is 24.3 Å². The molecule has 0 atom stereocenters. The summed E-state index contributed by atoms with van der Waals surface area (Å²) in [5.41, 5.74) is 6.65. The van der Waals surface area contributed by atoms with Crippen molar-refractivity contribution in [1.82, 2.24) is 15.5 Å². The Balaban J connectivity index is 1.63. The minimum absolute atomic E-state index is 0.0107. The van der Waals surface area contributed by atoms with E-state index in [0.717, 1.165) is 19.6 Å². The monoisotopic (exact) mass is 290 g/mol. The molecule has 1 aliphatic rings. The molecule has 6 heteroatoms. The van der Waals surface area contributed by atoms with Crippen LogP contribution < -0.4 is 16.4 Å². The van der Waals surface area contributed by atoms with Crippen LogP contribution in [0.3, 0.4) is 0 Å². The van der Waals surface area contributed by atoms with Crippen LogP contribution in [-0.4, -0.2) is 49.4 Å². The van der Waals surface area contributed by atoms with E-state index in [2.05, 4.69) is 15.5 Å². The molecule has 114 valence electrons. The number of anilines is 1. The van der Waals surface area contributed by atoms with Gasteiger partial charge in [0.15, 0.2) is 0 Å². The quantitative estimate of drug-likeness (QED) is 0.654. The van der Waals surface area contributed by atoms with Crippen LogP contribution in [0.4, 0.5) is 5.69 Å². The molecule has 2 rings (SSSR count). The minimum atomic E-state index is -0.273. The van der Waals surface area contributed by atoms with E-state index in [1.165, 1.54) is 12.8 Å². The normalized spacial score (nSPS) is 14.9. The highest BCUT2D eigenvalue weighted by molar-refractivity contribution is 5.96. The number of nitrogen functional groups attached to an aromatic ring is 1. The number of benzene rings is 1. The Morgan fingerprint density at radius 1 is 1.10 bits per heavy atom. The van der Waals surface area contributed by atoms with E-state index in [9.17, 15) is 9.59 Å². The first-order chi connectivity index (χ1) is 10.1. The van der Waals surface area contributed by atoms with Gasteiger partial charge in [-0.15, -0.1) is 0 Å². The van der Waals surface area contributed by atoms with Crippen LogP contribution in [0.5, 0.6) is 0 Å². The Hall–Kier alpha value is -2.08. The second-order valence-electron chi connectivity index (χ2n) is 5.20. The van der Waals surface area contributed by atoms with Crippen molar-refractivity contribution in [2.45, 2.75) is 12.8 Å². The zero-order valence-corrected chi connectivity index (χ0v) is 12.1. The first-order valence-electron chi connectivity index (χ1n) is 7.28. The SMILES string of the molecule is Nc1ccc(C(=O)NCC(=O)NCCN2CCCC2)cc1. The third-order valence-electron chi connectivity index (χ3n) is 3.53. The summed E-state index contributed by atoms with van der Waals surface area (Å²) in [6.07, 6.45) is 2.48. The van der Waals surface area contributed by atoms with Gasteiger partial charge in [0.25, 0.3) is 5.91 Å². The molecule has 1 aromatic carbocycles. The zero-order chi connectivity index (χ0) is 15.1. The van der Waals surface area contributed by atoms with E-state index < -0.39 is 0 Å². The van der Waals surface area contributed by atoms with Crippen LogP contribution in [0, 0.1) is 0 Å². The van der Waals surface area contributed by atoms with E-state index in [1.807, 2.05) is 0 Å². The molecule has 0 unspecified atom stereocenters. The van der Waals surface area contributed by atoms with Gasteiger partial charge < -0.3 is 21.3 Å². The average molecular weight is 290 g/mol. The van der Waals surface area contributed by atoms with Crippen molar-refractivity contribution < 1.29 is 9.59 Å². The van der Waals surface area contributed by atoms with Gasteiger partial charge in [0.05, 0.1) is 6.54 Å². The number of nitrogens with one attached hydrogen (secondary N) is 2. The maximum Gasteiger partial charge on any atom is 0.251 e. The number of hydrogen-bond donors (Lipinski definition) is 3. The fourth-order valence-corrected chi connectivity index (χ4v) is 2.32. The number of hydrogen-bond acceptors (Lipinski definition) is 4. The lowest BCUT2D eigenvalue weighted by Crippen LogP contribution is -2.40. The van der Waals surface area contributed by atoms with Crippen molar-refractivity contribution >= 4 is 17.5 Å². The largest absolute Gasteiger partial charge is 0.399 e. The number of carbonyl (C=O) groups excluding carboxylic acids is 2. The highest BCUT2D eigenvalue weighted by Crippen LogP contribution is 2.06. The second kappa shape index (κ2) is 7.64. The fraction of sp³-hybridized carbons (Fsp3) is 0.467. The molecule has 6 nitrogen and oxygen atoms in total. The highest BCUT2D eigenvalue weighted by Gasteiger charge is 2.11. The number of rotatable bonds is 6. The number of likely N-dealkylation sites (tertiary alicyclic amines) is 1. The predicted octanol–water partition coefficient (Wildman–Crippen LogP) is 0.211. The van der Waals surface area contributed by atoms with Crippen LogP contribution in [-0.2, 0) is 4.79 Å². The molecule has 1 fully saturated rings. The zero-order valence-electron chi connectivity index (χ0n) is 12.1. The molecule has 0 radical (unpaired) electrons. The van der Waals surface area contributed by atoms with Gasteiger partial charge in [0.2, 0.25) is 5.91 Å². The van der Waals surface area contributed by atoms with Crippen LogP contribution in [0.2, 0.25) is 0 Å². The molecule has 21 heavy (non-hydrogen) atoms. The van der Waals surface area contributed by atoms with Crippen LogP contribution in [0.1, 0.15) is 23.2 Å². The molecule has 0 aromatic heterocycles. The average Bonchev–Trinajstić information content (AvgIpc) is 2.99. The fourth-order valence-electron chi connectivity index (χ4n) is 2.32. The van der Waals surface area contributed by atoms with Crippen LogP contribution in [0.25, 0.3) is 0 Å². The number of amides is 2. The van der Waals surface area contributed by atoms with Gasteiger partial charge in [-0.25, -0.2) is 0 Å². The van der Waals surface area contributed by atoms with Crippen molar-refractivity contribution in [2.75, 3.05) is 38.5 Å². The lowest BCUT2D eigenvalue weighted by molar-refractivity contribution is -0.120. The molecule has 4 N–H and O–H groups in total. The van der Waals surface area contributed by atoms with Gasteiger partial charge in [0.1, 0.15) is 0 Å². The van der Waals surface area contributed by atoms with E-state index in [4.69, 9.17) is 5.73 Å². The molecule has 0 saturated carbocycles. The maximum atomic E-state index is 11.8. The molecule has 2 amide bonds. The smallest absolute Gasteiger partial charge is 0.251 e. The Morgan fingerprint density at radius 3 is 2.43 bits per heavy atom. The summed E-state index contributed by atoms with van der Waals surface area (Å²) in [6, 6.07) is 6.59. The summed E-state index contributed by atoms with van der Waals surface area (Å²) in [7, 11) is 0. The molecule has 0 spiro atoms. The molecule has 1 aliphatic heterocycles. The van der Waals surface area contributed by atoms with Crippen molar-refractivity contribution in [3.63, 3.8) is 0 Å². The van der Waals surface area contributed by atoms with Crippen LogP contribution in [0.15, 0.2) is 24.3 Å². The van der Waals surface area contributed by atoms with Crippen LogP contribution >= 0.6 is 0 Å². The summed E-state index contributed by atoms with van der Waals surface area (Å²) in [5.74, 6) is -0.442. The summed E-state index contributed by atoms with van der Waals surface area (Å²) in [6.45, 7) is 3.71. The molecule has 0 bridgehead atoms. The Morgan fingerprint density at radius 2 is 1.76 bits per heavy atom. The van der Waals surface area contributed by atoms with Crippen molar-refractivity contribution in [3.8, 4) is 0 Å². The Labute approximate surface area is 124 Å². The number of nitrogens with zero attached hydrogens (tertiary/aromatic N) is 1. The van der Waals surface area contributed by atoms with E-state index in [0.29, 0.717) is 17.8 Å². The van der Waals surface area contributed by atoms with Gasteiger partial charge in [-0.2, -0.15) is 0 Å². The molecule has 1 saturated heterocycles. The van der Waals surface area contributed by atoms with Crippen molar-refractivity contribution in [2.24, 2.45) is 0 Å². The Kier molecular flexibility index (Phi) is 5.57. The van der Waals surface area contributed by atoms with Gasteiger partial charge >= 0.3 is 0 Å². The third-order valence-corrected chi connectivity index (χ3v) is 3.53. The lowest BCUT2D eigenvalue weighted by atomic mass is 10.2. The van der Waals surface area contributed by atoms with E-state index in [1.54, 1.807) is 24.3 Å². The van der Waals surface area contributed by atoms with Crippen molar-refractivity contribution in [1.29, 1.82) is 0 Å². The first kappa shape index (κ1) is 15.3. The molecule has 1 aromatic rings. The Bertz CT molecular complexity index is 481. The molecule has 0 aliphatic carbocycles.